The molecule has 0 aromatic heterocycles. The molecule has 0 aliphatic rings. The Morgan fingerprint density at radius 3 is 0.821 bits per heavy atom. The highest BCUT2D eigenvalue weighted by atomic mass is 16.5. The molecule has 0 saturated heterocycles. The van der Waals surface area contributed by atoms with Gasteiger partial charge in [-0.05, 0) is 117 Å². The van der Waals surface area contributed by atoms with E-state index in [0.717, 1.165) is 89.9 Å². The van der Waals surface area contributed by atoms with Crippen LogP contribution in [0.3, 0.4) is 0 Å². The fraction of sp³-hybridized carbons (Fsp3) is 0.200. The maximum absolute atomic E-state index is 6.19. The monoisotopic (exact) mass is 742 g/mol. The number of rotatable bonds is 13. The summed E-state index contributed by atoms with van der Waals surface area (Å²) in [5, 5.41) is 0. The van der Waals surface area contributed by atoms with Crippen LogP contribution >= 0.6 is 0 Å². The van der Waals surface area contributed by atoms with Crippen LogP contribution in [-0.4, -0.2) is 70.6 Å². The summed E-state index contributed by atoms with van der Waals surface area (Å²) in [6.45, 7) is 0. The molecule has 0 saturated carbocycles. The molecule has 286 valence electrons. The lowest BCUT2D eigenvalue weighted by Gasteiger charge is -2.20. The van der Waals surface area contributed by atoms with E-state index in [-0.39, 0.29) is 0 Å². The van der Waals surface area contributed by atoms with Crippen LogP contribution in [0.25, 0.3) is 34.4 Å². The number of nitrogens with zero attached hydrogens (tertiary/aromatic N) is 4. The molecule has 0 unspecified atom stereocenters. The molecule has 6 heteroatoms. The molecule has 0 aliphatic carbocycles. The minimum absolute atomic E-state index is 0.760. The van der Waals surface area contributed by atoms with Crippen LogP contribution in [0.4, 0.5) is 22.7 Å². The summed E-state index contributed by atoms with van der Waals surface area (Å²) in [6.07, 6.45) is 4.57. The van der Waals surface area contributed by atoms with Gasteiger partial charge in [-0.15, -0.1) is 0 Å². The van der Waals surface area contributed by atoms with Crippen molar-refractivity contribution in [1.29, 1.82) is 0 Å². The Balaban J connectivity index is 1.61. The molecule has 6 rings (SSSR count). The second kappa shape index (κ2) is 17.4. The van der Waals surface area contributed by atoms with Gasteiger partial charge < -0.3 is 29.1 Å². The minimum atomic E-state index is 0.760. The van der Waals surface area contributed by atoms with Crippen LogP contribution in [-0.2, 0) is 0 Å². The Morgan fingerprint density at radius 1 is 0.357 bits per heavy atom. The van der Waals surface area contributed by atoms with Crippen molar-refractivity contribution in [3.63, 3.8) is 0 Å². The third-order valence-corrected chi connectivity index (χ3v) is 10.2. The molecule has 0 N–H and O–H groups in total. The van der Waals surface area contributed by atoms with E-state index in [1.165, 1.54) is 0 Å². The van der Waals surface area contributed by atoms with Gasteiger partial charge in [0.2, 0.25) is 0 Å². The zero-order valence-corrected chi connectivity index (χ0v) is 34.5. The summed E-state index contributed by atoms with van der Waals surface area (Å²) in [6, 6.07) is 47.5. The molecule has 6 aromatic rings. The van der Waals surface area contributed by atoms with Crippen LogP contribution in [0.5, 0.6) is 11.5 Å². The lowest BCUT2D eigenvalue weighted by Crippen LogP contribution is -2.08. The zero-order chi connectivity index (χ0) is 39.9. The Hall–Kier alpha value is -6.40. The number of methoxy groups -OCH3 is 2. The molecule has 6 nitrogen and oxygen atoms in total. The summed E-state index contributed by atoms with van der Waals surface area (Å²) in [7, 11) is 20.0. The number of hydrogen-bond donors (Lipinski definition) is 0. The zero-order valence-electron chi connectivity index (χ0n) is 34.5. The van der Waals surface area contributed by atoms with Crippen LogP contribution < -0.4 is 29.1 Å². The van der Waals surface area contributed by atoms with Gasteiger partial charge >= 0.3 is 0 Å². The van der Waals surface area contributed by atoms with Crippen molar-refractivity contribution in [2.24, 2.45) is 0 Å². The second-order valence-corrected chi connectivity index (χ2v) is 14.7. The van der Waals surface area contributed by atoms with E-state index in [1.807, 2.05) is 12.1 Å². The van der Waals surface area contributed by atoms with E-state index >= 15 is 0 Å². The largest absolute Gasteiger partial charge is 0.496 e. The molecule has 0 heterocycles. The van der Waals surface area contributed by atoms with Gasteiger partial charge in [-0.3, -0.25) is 0 Å². The topological polar surface area (TPSA) is 31.4 Å². The van der Waals surface area contributed by atoms with E-state index < -0.39 is 0 Å². The third-order valence-electron chi connectivity index (χ3n) is 10.2. The summed E-state index contributed by atoms with van der Waals surface area (Å²) < 4.78 is 12.4. The Labute approximate surface area is 334 Å². The molecular weight excluding hydrogens is 689 g/mol. The predicted molar refractivity (Wildman–Crippen MR) is 242 cm³/mol. The van der Waals surface area contributed by atoms with Crippen LogP contribution in [0.15, 0.2) is 133 Å². The fourth-order valence-corrected chi connectivity index (χ4v) is 6.95. The number of anilines is 4. The van der Waals surface area contributed by atoms with Gasteiger partial charge in [-0.2, -0.15) is 0 Å². The first-order valence-electron chi connectivity index (χ1n) is 18.9. The van der Waals surface area contributed by atoms with Crippen molar-refractivity contribution >= 4 is 46.0 Å². The predicted octanol–water partition coefficient (Wildman–Crippen LogP) is 10.8. The highest BCUT2D eigenvalue weighted by Crippen LogP contribution is 2.45. The van der Waals surface area contributed by atoms with E-state index in [1.54, 1.807) is 14.2 Å². The van der Waals surface area contributed by atoms with Crippen molar-refractivity contribution < 1.29 is 9.47 Å². The molecule has 6 aromatic carbocycles. The van der Waals surface area contributed by atoms with Crippen molar-refractivity contribution in [1.82, 2.24) is 0 Å². The van der Waals surface area contributed by atoms with E-state index in [4.69, 9.17) is 9.47 Å². The standard InChI is InChI=1S/C50H54N4O2/c1-51(2)41-25-17-35(18-26-41)45(36-19-27-42(28-20-36)52(3)4)33-39-13-11-15-47(55-9)49(39)50-40(14-12-16-48(50)56-10)34-46(37-21-29-43(30-22-37)53(5)6)38-23-31-44(32-24-38)54(7)8/h11-34H,1-10H3. The number of benzene rings is 6. The molecule has 0 aliphatic heterocycles. The van der Waals surface area contributed by atoms with Crippen molar-refractivity contribution in [3.8, 4) is 22.6 Å². The summed E-state index contributed by atoms with van der Waals surface area (Å²) in [5.74, 6) is 1.52. The molecule has 0 spiro atoms. The Kier molecular flexibility index (Phi) is 12.2. The van der Waals surface area contributed by atoms with Crippen LogP contribution in [0, 0.1) is 0 Å². The Bertz CT molecular complexity index is 2030. The molecule has 0 atom stereocenters. The summed E-state index contributed by atoms with van der Waals surface area (Å²) in [5.41, 5.74) is 15.2. The SMILES string of the molecule is COc1cccc(C=C(c2ccc(N(C)C)cc2)c2ccc(N(C)C)cc2)c1-c1c(C=C(c2ccc(N(C)C)cc2)c2ccc(N(C)C)cc2)cccc1OC. The van der Waals surface area contributed by atoms with Gasteiger partial charge in [-0.1, -0.05) is 72.8 Å². The second-order valence-electron chi connectivity index (χ2n) is 14.7. The normalized spacial score (nSPS) is 10.7. The van der Waals surface area contributed by atoms with Crippen LogP contribution in [0.1, 0.15) is 33.4 Å². The van der Waals surface area contributed by atoms with E-state index in [0.29, 0.717) is 0 Å². The van der Waals surface area contributed by atoms with Crippen molar-refractivity contribution in [3.05, 3.63) is 167 Å². The average Bonchev–Trinajstić information content (AvgIpc) is 3.21. The van der Waals surface area contributed by atoms with Crippen molar-refractivity contribution in [2.45, 2.75) is 0 Å². The quantitative estimate of drug-likeness (QED) is 0.110. The lowest BCUT2D eigenvalue weighted by molar-refractivity contribution is 0.410. The summed E-state index contributed by atoms with van der Waals surface area (Å²) in [4.78, 5) is 8.49. The maximum Gasteiger partial charge on any atom is 0.127 e. The first-order valence-corrected chi connectivity index (χ1v) is 18.9. The number of ether oxygens (including phenoxy) is 2. The third kappa shape index (κ3) is 8.61. The maximum atomic E-state index is 6.19. The molecule has 56 heavy (non-hydrogen) atoms. The van der Waals surface area contributed by atoms with Gasteiger partial charge in [0.25, 0.3) is 0 Å². The summed E-state index contributed by atoms with van der Waals surface area (Å²) >= 11 is 0. The van der Waals surface area contributed by atoms with E-state index in [2.05, 4.69) is 209 Å². The minimum Gasteiger partial charge on any atom is -0.496 e. The van der Waals surface area contributed by atoms with Gasteiger partial charge in [0, 0.05) is 90.3 Å². The molecule has 0 amide bonds. The first-order chi connectivity index (χ1) is 27.0. The molecule has 0 radical (unpaired) electrons. The highest BCUT2D eigenvalue weighted by molar-refractivity contribution is 6.01. The van der Waals surface area contributed by atoms with Crippen molar-refractivity contribution in [2.75, 3.05) is 90.2 Å². The number of hydrogen-bond acceptors (Lipinski definition) is 6. The molecular formula is C50H54N4O2. The van der Waals surface area contributed by atoms with Gasteiger partial charge in [-0.25, -0.2) is 0 Å². The fourth-order valence-electron chi connectivity index (χ4n) is 6.95. The van der Waals surface area contributed by atoms with Crippen LogP contribution in [0.2, 0.25) is 0 Å². The average molecular weight is 743 g/mol. The van der Waals surface area contributed by atoms with Gasteiger partial charge in [0.05, 0.1) is 14.2 Å². The van der Waals surface area contributed by atoms with E-state index in [9.17, 15) is 0 Å². The Morgan fingerprint density at radius 2 is 0.607 bits per heavy atom. The highest BCUT2D eigenvalue weighted by Gasteiger charge is 2.20. The molecule has 0 bridgehead atoms. The molecule has 0 fully saturated rings. The van der Waals surface area contributed by atoms with Gasteiger partial charge in [0.1, 0.15) is 11.5 Å². The smallest absolute Gasteiger partial charge is 0.127 e. The van der Waals surface area contributed by atoms with Gasteiger partial charge in [0.15, 0.2) is 0 Å². The first kappa shape index (κ1) is 39.3. The lowest BCUT2D eigenvalue weighted by atomic mass is 9.88.